The summed E-state index contributed by atoms with van der Waals surface area (Å²) in [4.78, 5) is 0. The molecule has 1 aliphatic heterocycles. The Morgan fingerprint density at radius 3 is 1.62 bits per heavy atom. The zero-order valence-electron chi connectivity index (χ0n) is 27.5. The van der Waals surface area contributed by atoms with Gasteiger partial charge >= 0.3 is 6.67 Å². The maximum absolute atomic E-state index is 2.47. The molecule has 0 atom stereocenters. The Balaban J connectivity index is 1.37. The minimum Gasteiger partial charge on any atom is -0.198 e. The van der Waals surface area contributed by atoms with Crippen LogP contribution < -0.4 is 13.7 Å². The van der Waals surface area contributed by atoms with Gasteiger partial charge in [0.1, 0.15) is 0 Å². The van der Waals surface area contributed by atoms with Crippen molar-refractivity contribution in [3.8, 4) is 44.9 Å². The number of hydrogen-bond acceptors (Lipinski definition) is 0. The van der Waals surface area contributed by atoms with Crippen LogP contribution in [0, 0.1) is 6.92 Å². The zero-order chi connectivity index (χ0) is 32.3. The van der Waals surface area contributed by atoms with Crippen LogP contribution in [0.2, 0.25) is 0 Å². The van der Waals surface area contributed by atoms with Crippen molar-refractivity contribution in [3.05, 3.63) is 186 Å². The highest BCUT2D eigenvalue weighted by Crippen LogP contribution is 2.30. The second kappa shape index (κ2) is 13.2. The lowest BCUT2D eigenvalue weighted by atomic mass is 9.94. The molecule has 1 aliphatic rings. The average Bonchev–Trinajstić information content (AvgIpc) is 3.14. The Kier molecular flexibility index (Phi) is 8.18. The molecule has 3 aromatic heterocycles. The first kappa shape index (κ1) is 29.7. The molecule has 0 aliphatic carbocycles. The van der Waals surface area contributed by atoms with Crippen molar-refractivity contribution in [3.63, 3.8) is 0 Å². The smallest absolute Gasteiger partial charge is 0.198 e. The molecule has 0 amide bonds. The molecule has 0 fully saturated rings. The van der Waals surface area contributed by atoms with Gasteiger partial charge in [0.15, 0.2) is 25.1 Å². The Morgan fingerprint density at radius 1 is 0.438 bits per heavy atom. The van der Waals surface area contributed by atoms with Crippen molar-refractivity contribution in [1.29, 1.82) is 0 Å². The number of pyridine rings is 3. The maximum atomic E-state index is 2.47. The lowest BCUT2D eigenvalue weighted by Gasteiger charge is -2.13. The summed E-state index contributed by atoms with van der Waals surface area (Å²) in [7, 11) is 0. The minimum atomic E-state index is 0.691. The van der Waals surface area contributed by atoms with Gasteiger partial charge in [-0.15, -0.1) is 9.13 Å². The molecular formula is C45H40N3+3. The molecule has 0 saturated heterocycles. The van der Waals surface area contributed by atoms with Crippen molar-refractivity contribution in [1.82, 2.24) is 0 Å². The SMILES string of the molecule is Cc1cc(-c2ccccc2)c[n+]2c1-c1ccccc1CC[n+]1ccccc1-c1ccccc1CCc1ccccc1-c1cccc[n+]1C2. The molecule has 4 heterocycles. The van der Waals surface area contributed by atoms with Crippen molar-refractivity contribution in [2.24, 2.45) is 0 Å². The molecule has 0 N–H and O–H groups in total. The van der Waals surface area contributed by atoms with E-state index in [1.165, 1.54) is 67.2 Å². The summed E-state index contributed by atoms with van der Waals surface area (Å²) in [6, 6.07) is 53.2. The molecule has 8 rings (SSSR count). The average molecular weight is 623 g/mol. The predicted octanol–water partition coefficient (Wildman–Crippen LogP) is 8.37. The zero-order valence-corrected chi connectivity index (χ0v) is 27.5. The van der Waals surface area contributed by atoms with Gasteiger partial charge in [-0.2, -0.15) is 4.57 Å². The maximum Gasteiger partial charge on any atom is 0.344 e. The largest absolute Gasteiger partial charge is 0.344 e. The van der Waals surface area contributed by atoms with E-state index in [0.29, 0.717) is 6.67 Å². The third kappa shape index (κ3) is 5.84. The van der Waals surface area contributed by atoms with Gasteiger partial charge in [0, 0.05) is 52.9 Å². The van der Waals surface area contributed by atoms with Gasteiger partial charge in [0.2, 0.25) is 17.1 Å². The quantitative estimate of drug-likeness (QED) is 0.163. The van der Waals surface area contributed by atoms with E-state index in [1.54, 1.807) is 0 Å². The molecule has 0 bridgehead atoms. The Labute approximate surface area is 283 Å². The van der Waals surface area contributed by atoms with E-state index in [9.17, 15) is 0 Å². The third-order valence-electron chi connectivity index (χ3n) is 9.77. The van der Waals surface area contributed by atoms with E-state index in [2.05, 4.69) is 185 Å². The molecular weight excluding hydrogens is 583 g/mol. The van der Waals surface area contributed by atoms with Crippen LogP contribution >= 0.6 is 0 Å². The van der Waals surface area contributed by atoms with Gasteiger partial charge in [-0.25, -0.2) is 0 Å². The number of hydrogen-bond donors (Lipinski definition) is 0. The van der Waals surface area contributed by atoms with E-state index < -0.39 is 0 Å². The van der Waals surface area contributed by atoms with Crippen LogP contribution in [0.4, 0.5) is 0 Å². The van der Waals surface area contributed by atoms with Crippen LogP contribution in [0.1, 0.15) is 22.3 Å². The van der Waals surface area contributed by atoms with Gasteiger partial charge in [0.25, 0.3) is 0 Å². The van der Waals surface area contributed by atoms with Crippen LogP contribution in [0.15, 0.2) is 164 Å². The highest BCUT2D eigenvalue weighted by atomic mass is 15.2. The van der Waals surface area contributed by atoms with Crippen LogP contribution in [-0.4, -0.2) is 0 Å². The topological polar surface area (TPSA) is 11.6 Å². The Morgan fingerprint density at radius 2 is 0.958 bits per heavy atom. The lowest BCUT2D eigenvalue weighted by molar-refractivity contribution is -0.903. The molecule has 0 unspecified atom stereocenters. The molecule has 232 valence electrons. The minimum absolute atomic E-state index is 0.691. The number of fused-ring (bicyclic) bond motifs is 9. The Hall–Kier alpha value is -5.67. The van der Waals surface area contributed by atoms with Gasteiger partial charge in [-0.1, -0.05) is 84.9 Å². The monoisotopic (exact) mass is 622 g/mol. The van der Waals surface area contributed by atoms with Gasteiger partial charge in [0.05, 0.1) is 5.56 Å². The van der Waals surface area contributed by atoms with Crippen molar-refractivity contribution in [2.45, 2.75) is 39.4 Å². The highest BCUT2D eigenvalue weighted by Gasteiger charge is 2.27. The summed E-state index contributed by atoms with van der Waals surface area (Å²) in [6.07, 6.45) is 9.67. The van der Waals surface area contributed by atoms with Crippen molar-refractivity contribution < 1.29 is 13.7 Å². The summed E-state index contributed by atoms with van der Waals surface area (Å²) < 4.78 is 7.32. The number of aryl methyl sites for hydroxylation is 5. The number of rotatable bonds is 1. The van der Waals surface area contributed by atoms with E-state index in [4.69, 9.17) is 0 Å². The van der Waals surface area contributed by atoms with Crippen LogP contribution in [0.5, 0.6) is 0 Å². The fraction of sp³-hybridized carbons (Fsp3) is 0.133. The number of benzene rings is 4. The molecule has 48 heavy (non-hydrogen) atoms. The van der Waals surface area contributed by atoms with Crippen LogP contribution in [0.25, 0.3) is 44.9 Å². The highest BCUT2D eigenvalue weighted by molar-refractivity contribution is 5.69. The molecule has 0 radical (unpaired) electrons. The molecule has 3 nitrogen and oxygen atoms in total. The summed E-state index contributed by atoms with van der Waals surface area (Å²) >= 11 is 0. The lowest BCUT2D eigenvalue weighted by Crippen LogP contribution is -2.54. The van der Waals surface area contributed by atoms with Crippen molar-refractivity contribution >= 4 is 0 Å². The second-order valence-corrected chi connectivity index (χ2v) is 12.8. The fourth-order valence-corrected chi connectivity index (χ4v) is 7.45. The van der Waals surface area contributed by atoms with Crippen molar-refractivity contribution in [2.75, 3.05) is 0 Å². The standard InChI is InChI=1S/C45H40N3/c1-34-31-39(35-15-3-2-4-16-35)32-48-33-47-29-14-12-24-44(47)41-21-9-6-18-37(41)26-25-36-17-5-8-20-40(36)43-23-11-13-28-46(43)30-27-38-19-7-10-22-42(38)45(34)48/h2-24,28-29,31-32H,25-27,30,33H2,1H3/q+3. The fourth-order valence-electron chi connectivity index (χ4n) is 7.45. The summed E-state index contributed by atoms with van der Waals surface area (Å²) in [5, 5.41) is 0. The first-order chi connectivity index (χ1) is 23.7. The molecule has 3 heteroatoms. The second-order valence-electron chi connectivity index (χ2n) is 12.8. The third-order valence-corrected chi connectivity index (χ3v) is 9.77. The van der Waals surface area contributed by atoms with Gasteiger partial charge in [-0.3, -0.25) is 0 Å². The van der Waals surface area contributed by atoms with E-state index in [1.807, 2.05) is 0 Å². The first-order valence-corrected chi connectivity index (χ1v) is 17.0. The van der Waals surface area contributed by atoms with E-state index >= 15 is 0 Å². The summed E-state index contributed by atoms with van der Waals surface area (Å²) in [6.45, 7) is 3.85. The molecule has 7 aromatic rings. The number of aromatic nitrogens is 3. The Bertz CT molecular complexity index is 2230. The summed E-state index contributed by atoms with van der Waals surface area (Å²) in [5.74, 6) is 0. The first-order valence-electron chi connectivity index (χ1n) is 17.0. The predicted molar refractivity (Wildman–Crippen MR) is 193 cm³/mol. The normalized spacial score (nSPS) is 12.7. The van der Waals surface area contributed by atoms with Crippen LogP contribution in [0.3, 0.4) is 0 Å². The molecule has 0 saturated carbocycles. The molecule has 4 aromatic carbocycles. The van der Waals surface area contributed by atoms with E-state index in [0.717, 1.165) is 25.8 Å². The van der Waals surface area contributed by atoms with Crippen LogP contribution in [-0.2, 0) is 32.5 Å². The van der Waals surface area contributed by atoms with E-state index in [-0.39, 0.29) is 0 Å². The van der Waals surface area contributed by atoms with Gasteiger partial charge < -0.3 is 0 Å². The number of nitrogens with zero attached hydrogens (tertiary/aromatic N) is 3. The summed E-state index contributed by atoms with van der Waals surface area (Å²) in [5.41, 5.74) is 15.4. The van der Waals surface area contributed by atoms with Gasteiger partial charge in [-0.05, 0) is 78.4 Å². The molecule has 0 spiro atoms.